The minimum atomic E-state index is -0.833. The molecular weight excluding hydrogens is 426 g/mol. The van der Waals surface area contributed by atoms with Crippen LogP contribution in [0.4, 0.5) is 0 Å². The van der Waals surface area contributed by atoms with E-state index in [1.54, 1.807) is 4.90 Å². The van der Waals surface area contributed by atoms with Crippen LogP contribution < -0.4 is 5.32 Å². The van der Waals surface area contributed by atoms with E-state index < -0.39 is 5.97 Å². The third kappa shape index (κ3) is 5.57. The molecule has 176 valence electrons. The van der Waals surface area contributed by atoms with Gasteiger partial charge in [-0.1, -0.05) is 30.3 Å². The number of amides is 3. The zero-order valence-corrected chi connectivity index (χ0v) is 18.9. The number of hydrogen-bond acceptors (Lipinski definition) is 5. The van der Waals surface area contributed by atoms with Crippen LogP contribution in [0, 0.1) is 5.92 Å². The maximum Gasteiger partial charge on any atom is 0.300 e. The van der Waals surface area contributed by atoms with Gasteiger partial charge in [0.2, 0.25) is 11.8 Å². The summed E-state index contributed by atoms with van der Waals surface area (Å²) < 4.78 is 0. The van der Waals surface area contributed by atoms with Crippen molar-refractivity contribution < 1.29 is 24.3 Å². The largest absolute Gasteiger partial charge is 0.481 e. The molecule has 3 atom stereocenters. The molecule has 4 rings (SSSR count). The molecule has 0 spiro atoms. The molecule has 0 radical (unpaired) electrons. The van der Waals surface area contributed by atoms with E-state index in [0.717, 1.165) is 12.5 Å². The minimum absolute atomic E-state index is 0.00376. The number of nitrogens with one attached hydrogen (secondary N) is 2. The quantitative estimate of drug-likeness (QED) is 0.638. The van der Waals surface area contributed by atoms with Gasteiger partial charge in [0.25, 0.3) is 11.9 Å². The zero-order valence-electron chi connectivity index (χ0n) is 18.9. The Hall–Kier alpha value is -3.69. The summed E-state index contributed by atoms with van der Waals surface area (Å²) in [4.78, 5) is 57.8. The van der Waals surface area contributed by atoms with Gasteiger partial charge in [-0.05, 0) is 25.8 Å². The number of rotatable bonds is 4. The van der Waals surface area contributed by atoms with Crippen molar-refractivity contribution in [3.05, 3.63) is 54.1 Å². The lowest BCUT2D eigenvalue weighted by Crippen LogP contribution is -2.56. The number of carboxylic acids is 1. The summed E-state index contributed by atoms with van der Waals surface area (Å²) in [6, 6.07) is 9.17. The van der Waals surface area contributed by atoms with Crippen LogP contribution in [-0.4, -0.2) is 73.7 Å². The van der Waals surface area contributed by atoms with E-state index in [1.807, 2.05) is 49.1 Å². The van der Waals surface area contributed by atoms with Crippen molar-refractivity contribution in [1.82, 2.24) is 25.1 Å². The van der Waals surface area contributed by atoms with Crippen LogP contribution in [0.2, 0.25) is 0 Å². The number of piperazine rings is 1. The SMILES string of the molecule is CC(=O)O.CC(C)NC(=O)[C@H]1C[C@H]2CN(C(=O)c3cnc[nH]3)CC(=O)N2[C@H]1c1ccccc1. The van der Waals surface area contributed by atoms with E-state index >= 15 is 0 Å². The standard InChI is InChI=1S/C21H25N5O3.C2H4O2/c1-13(2)24-20(28)16-8-15-10-25(21(29)17-9-22-12-23-17)11-18(27)26(15)19(16)14-6-4-3-5-7-14;1-2(3)4/h3-7,9,12-13,15-16,19H,8,10-11H2,1-2H3,(H,22,23)(H,24,28);1H3,(H,3,4)/t15-,16-,19-;/m0./s1. The maximum atomic E-state index is 13.1. The number of carboxylic acid groups (broad SMARTS) is 1. The van der Waals surface area contributed by atoms with Crippen molar-refractivity contribution in [1.29, 1.82) is 0 Å². The van der Waals surface area contributed by atoms with Crippen molar-refractivity contribution in [3.8, 4) is 0 Å². The lowest BCUT2D eigenvalue weighted by Gasteiger charge is -2.40. The van der Waals surface area contributed by atoms with Crippen molar-refractivity contribution in [2.75, 3.05) is 13.1 Å². The molecule has 0 unspecified atom stereocenters. The molecule has 3 N–H and O–H groups in total. The fourth-order valence-electron chi connectivity index (χ4n) is 4.42. The number of fused-ring (bicyclic) bond motifs is 1. The Labute approximate surface area is 192 Å². The summed E-state index contributed by atoms with van der Waals surface area (Å²) in [6.45, 7) is 5.33. The van der Waals surface area contributed by atoms with Crippen LogP contribution in [0.5, 0.6) is 0 Å². The molecule has 0 saturated carbocycles. The molecule has 2 aromatic rings. The van der Waals surface area contributed by atoms with Crippen LogP contribution in [0.3, 0.4) is 0 Å². The number of aliphatic carboxylic acids is 1. The minimum Gasteiger partial charge on any atom is -0.481 e. The molecule has 10 heteroatoms. The molecule has 2 fully saturated rings. The van der Waals surface area contributed by atoms with Crippen LogP contribution in [0.1, 0.15) is 49.3 Å². The lowest BCUT2D eigenvalue weighted by atomic mass is 9.92. The Kier molecular flexibility index (Phi) is 7.47. The maximum absolute atomic E-state index is 13.1. The fraction of sp³-hybridized carbons (Fsp3) is 0.435. The highest BCUT2D eigenvalue weighted by Crippen LogP contribution is 2.43. The van der Waals surface area contributed by atoms with Gasteiger partial charge in [-0.2, -0.15) is 0 Å². The molecule has 3 amide bonds. The number of carbonyl (C=O) groups excluding carboxylic acids is 3. The van der Waals surface area contributed by atoms with Crippen LogP contribution in [-0.2, 0) is 14.4 Å². The van der Waals surface area contributed by atoms with Crippen LogP contribution in [0.15, 0.2) is 42.9 Å². The second-order valence-electron chi connectivity index (χ2n) is 8.49. The van der Waals surface area contributed by atoms with Gasteiger partial charge in [0, 0.05) is 19.5 Å². The Balaban J connectivity index is 0.000000709. The first-order valence-electron chi connectivity index (χ1n) is 10.8. The van der Waals surface area contributed by atoms with Gasteiger partial charge >= 0.3 is 0 Å². The lowest BCUT2D eigenvalue weighted by molar-refractivity contribution is -0.140. The van der Waals surface area contributed by atoms with Gasteiger partial charge < -0.3 is 25.2 Å². The highest BCUT2D eigenvalue weighted by atomic mass is 16.4. The summed E-state index contributed by atoms with van der Waals surface area (Å²) in [5.74, 6) is -1.62. The second kappa shape index (κ2) is 10.3. The molecule has 2 aliphatic rings. The third-order valence-electron chi connectivity index (χ3n) is 5.57. The average Bonchev–Trinajstić information content (AvgIpc) is 3.41. The smallest absolute Gasteiger partial charge is 0.300 e. The van der Waals surface area contributed by atoms with E-state index in [9.17, 15) is 14.4 Å². The molecule has 33 heavy (non-hydrogen) atoms. The molecule has 2 aliphatic heterocycles. The monoisotopic (exact) mass is 455 g/mol. The number of nitrogens with zero attached hydrogens (tertiary/aromatic N) is 3. The number of H-pyrrole nitrogens is 1. The molecule has 0 bridgehead atoms. The summed E-state index contributed by atoms with van der Waals surface area (Å²) in [5, 5.41) is 10.4. The summed E-state index contributed by atoms with van der Waals surface area (Å²) >= 11 is 0. The molecule has 10 nitrogen and oxygen atoms in total. The molecule has 2 saturated heterocycles. The van der Waals surface area contributed by atoms with Gasteiger partial charge in [-0.25, -0.2) is 4.98 Å². The predicted molar refractivity (Wildman–Crippen MR) is 119 cm³/mol. The van der Waals surface area contributed by atoms with Gasteiger partial charge in [0.15, 0.2) is 0 Å². The number of carbonyl (C=O) groups is 4. The van der Waals surface area contributed by atoms with E-state index in [4.69, 9.17) is 9.90 Å². The number of benzene rings is 1. The molecule has 3 heterocycles. The third-order valence-corrected chi connectivity index (χ3v) is 5.57. The predicted octanol–water partition coefficient (Wildman–Crippen LogP) is 1.44. The first-order chi connectivity index (χ1) is 15.7. The van der Waals surface area contributed by atoms with Crippen LogP contribution >= 0.6 is 0 Å². The van der Waals surface area contributed by atoms with Gasteiger partial charge in [0.1, 0.15) is 12.2 Å². The summed E-state index contributed by atoms with van der Waals surface area (Å²) in [6.07, 6.45) is 3.43. The van der Waals surface area contributed by atoms with E-state index in [0.29, 0.717) is 18.7 Å². The Morgan fingerprint density at radius 3 is 2.45 bits per heavy atom. The van der Waals surface area contributed by atoms with Crippen molar-refractivity contribution >= 4 is 23.7 Å². The normalized spacial score (nSPS) is 21.8. The first-order valence-corrected chi connectivity index (χ1v) is 10.8. The summed E-state index contributed by atoms with van der Waals surface area (Å²) in [7, 11) is 0. The van der Waals surface area contributed by atoms with Crippen molar-refractivity contribution in [3.63, 3.8) is 0 Å². The molecule has 1 aromatic heterocycles. The average molecular weight is 456 g/mol. The second-order valence-corrected chi connectivity index (χ2v) is 8.49. The van der Waals surface area contributed by atoms with Gasteiger partial charge in [-0.15, -0.1) is 0 Å². The van der Waals surface area contributed by atoms with E-state index in [-0.39, 0.29) is 48.3 Å². The molecule has 0 aliphatic carbocycles. The molecule has 1 aromatic carbocycles. The van der Waals surface area contributed by atoms with E-state index in [2.05, 4.69) is 15.3 Å². The Bertz CT molecular complexity index is 988. The first kappa shape index (κ1) is 24.0. The van der Waals surface area contributed by atoms with E-state index in [1.165, 1.54) is 12.5 Å². The topological polar surface area (TPSA) is 136 Å². The number of imidazole rings is 1. The highest BCUT2D eigenvalue weighted by molar-refractivity contribution is 5.96. The molecular formula is C23H29N5O5. The Morgan fingerprint density at radius 2 is 1.88 bits per heavy atom. The highest BCUT2D eigenvalue weighted by Gasteiger charge is 2.50. The van der Waals surface area contributed by atoms with Gasteiger partial charge in [-0.3, -0.25) is 19.2 Å². The number of aromatic amines is 1. The van der Waals surface area contributed by atoms with Crippen LogP contribution in [0.25, 0.3) is 0 Å². The summed E-state index contributed by atoms with van der Waals surface area (Å²) in [5.41, 5.74) is 1.30. The number of aromatic nitrogens is 2. The van der Waals surface area contributed by atoms with Gasteiger partial charge in [0.05, 0.1) is 30.5 Å². The van der Waals surface area contributed by atoms with Crippen molar-refractivity contribution in [2.45, 2.75) is 45.3 Å². The zero-order chi connectivity index (χ0) is 24.1. The Morgan fingerprint density at radius 1 is 1.21 bits per heavy atom. The number of hydrogen-bond donors (Lipinski definition) is 3. The fourth-order valence-corrected chi connectivity index (χ4v) is 4.42. The van der Waals surface area contributed by atoms with Crippen molar-refractivity contribution in [2.24, 2.45) is 5.92 Å².